The van der Waals surface area contributed by atoms with Crippen LogP contribution in [-0.4, -0.2) is 65.6 Å². The molecule has 0 aromatic carbocycles. The van der Waals surface area contributed by atoms with Crippen molar-refractivity contribution in [3.05, 3.63) is 47.1 Å². The second kappa shape index (κ2) is 8.69. The van der Waals surface area contributed by atoms with E-state index in [1.807, 2.05) is 47.8 Å². The first-order chi connectivity index (χ1) is 16.4. The molecule has 2 bridgehead atoms. The molecule has 0 saturated heterocycles. The standard InChI is InChI=1S/C24H30N8O2/c1-15-11-29(3)12-19-18(16(2)30(4)27-19)7-8-22-26-10-17-9-25-20(13-32(17)22)23-21(14-33-6)28-31(5)24(23)34-15/h7-10,13,15H,11-12,14H2,1-6H3/b8-7+/t15-/m0/s1. The Labute approximate surface area is 198 Å². The summed E-state index contributed by atoms with van der Waals surface area (Å²) in [6, 6.07) is 0. The van der Waals surface area contributed by atoms with Crippen molar-refractivity contribution in [2.45, 2.75) is 33.1 Å². The van der Waals surface area contributed by atoms with E-state index >= 15 is 0 Å². The Morgan fingerprint density at radius 1 is 1.09 bits per heavy atom. The van der Waals surface area contributed by atoms with E-state index in [9.17, 15) is 0 Å². The number of likely N-dealkylation sites (N-methyl/N-ethyl adjacent to an activating group) is 1. The van der Waals surface area contributed by atoms with E-state index in [-0.39, 0.29) is 6.10 Å². The number of rotatable bonds is 2. The maximum absolute atomic E-state index is 6.46. The van der Waals surface area contributed by atoms with E-state index < -0.39 is 0 Å². The van der Waals surface area contributed by atoms with Crippen LogP contribution >= 0.6 is 0 Å². The van der Waals surface area contributed by atoms with Gasteiger partial charge in [0.25, 0.3) is 0 Å². The van der Waals surface area contributed by atoms with E-state index in [0.29, 0.717) is 19.0 Å². The molecule has 0 spiro atoms. The van der Waals surface area contributed by atoms with Gasteiger partial charge in [0, 0.05) is 51.7 Å². The highest BCUT2D eigenvalue weighted by Crippen LogP contribution is 2.34. The number of aryl methyl sites for hydroxylation is 2. The first-order valence-corrected chi connectivity index (χ1v) is 11.3. The molecule has 34 heavy (non-hydrogen) atoms. The Hall–Kier alpha value is -3.50. The molecule has 1 aliphatic heterocycles. The molecule has 1 atom stereocenters. The normalized spacial score (nSPS) is 17.8. The molecule has 4 aromatic heterocycles. The molecule has 0 unspecified atom stereocenters. The second-order valence-electron chi connectivity index (χ2n) is 8.90. The van der Waals surface area contributed by atoms with Crippen LogP contribution in [0.1, 0.15) is 35.4 Å². The first-order valence-electron chi connectivity index (χ1n) is 11.3. The van der Waals surface area contributed by atoms with Crippen molar-refractivity contribution in [1.29, 1.82) is 0 Å². The quantitative estimate of drug-likeness (QED) is 0.453. The van der Waals surface area contributed by atoms with Crippen LogP contribution in [0.15, 0.2) is 18.6 Å². The molecule has 4 aromatic rings. The Balaban J connectivity index is 1.72. The number of hydrogen-bond donors (Lipinski definition) is 0. The lowest BCUT2D eigenvalue weighted by molar-refractivity contribution is 0.148. The van der Waals surface area contributed by atoms with Crippen LogP contribution < -0.4 is 4.74 Å². The highest BCUT2D eigenvalue weighted by Gasteiger charge is 2.24. The van der Waals surface area contributed by atoms with Crippen molar-refractivity contribution >= 4 is 17.7 Å². The van der Waals surface area contributed by atoms with Crippen molar-refractivity contribution in [2.24, 2.45) is 14.1 Å². The van der Waals surface area contributed by atoms with E-state index in [2.05, 4.69) is 42.0 Å². The molecule has 1 aliphatic rings. The van der Waals surface area contributed by atoms with Crippen LogP contribution in [-0.2, 0) is 32.0 Å². The average molecular weight is 463 g/mol. The topological polar surface area (TPSA) is 87.5 Å². The number of methoxy groups -OCH3 is 1. The molecule has 0 aliphatic carbocycles. The zero-order valence-electron chi connectivity index (χ0n) is 20.5. The molecule has 5 rings (SSSR count). The van der Waals surface area contributed by atoms with Gasteiger partial charge in [-0.15, -0.1) is 0 Å². The first kappa shape index (κ1) is 22.3. The molecule has 0 saturated carbocycles. The van der Waals surface area contributed by atoms with Crippen LogP contribution in [0.25, 0.3) is 28.9 Å². The van der Waals surface area contributed by atoms with Crippen molar-refractivity contribution in [2.75, 3.05) is 20.7 Å². The molecule has 0 N–H and O–H groups in total. The van der Waals surface area contributed by atoms with Gasteiger partial charge in [-0.3, -0.25) is 19.0 Å². The van der Waals surface area contributed by atoms with Gasteiger partial charge in [0.15, 0.2) is 0 Å². The van der Waals surface area contributed by atoms with Gasteiger partial charge in [-0.05, 0) is 33.0 Å². The van der Waals surface area contributed by atoms with Gasteiger partial charge in [-0.25, -0.2) is 9.67 Å². The van der Waals surface area contributed by atoms with E-state index in [1.54, 1.807) is 11.8 Å². The molecule has 5 heterocycles. The minimum atomic E-state index is -0.0870. The molecule has 0 amide bonds. The highest BCUT2D eigenvalue weighted by molar-refractivity contribution is 5.73. The summed E-state index contributed by atoms with van der Waals surface area (Å²) in [5.74, 6) is 1.48. The van der Waals surface area contributed by atoms with Gasteiger partial charge in [-0.1, -0.05) is 0 Å². The minimum absolute atomic E-state index is 0.0870. The Bertz CT molecular complexity index is 1380. The summed E-state index contributed by atoms with van der Waals surface area (Å²) in [4.78, 5) is 11.6. The number of fused-ring (bicyclic) bond motifs is 4. The summed E-state index contributed by atoms with van der Waals surface area (Å²) >= 11 is 0. The lowest BCUT2D eigenvalue weighted by Crippen LogP contribution is -2.31. The maximum atomic E-state index is 6.46. The highest BCUT2D eigenvalue weighted by atomic mass is 16.5. The summed E-state index contributed by atoms with van der Waals surface area (Å²) in [5, 5.41) is 9.44. The Morgan fingerprint density at radius 2 is 1.88 bits per heavy atom. The summed E-state index contributed by atoms with van der Waals surface area (Å²) in [7, 11) is 7.61. The van der Waals surface area contributed by atoms with Crippen molar-refractivity contribution in [1.82, 2.24) is 38.8 Å². The fourth-order valence-corrected chi connectivity index (χ4v) is 4.53. The smallest absolute Gasteiger partial charge is 0.221 e. The minimum Gasteiger partial charge on any atom is -0.473 e. The van der Waals surface area contributed by atoms with Crippen LogP contribution in [0.2, 0.25) is 0 Å². The predicted molar refractivity (Wildman–Crippen MR) is 129 cm³/mol. The SMILES string of the molecule is COCc1nn(C)c2c1-c1cn3c(ncc3cn1)/C=C/c1c(nn(C)c1C)CN(C)C[C@H](C)O2. The molecule has 10 nitrogen and oxygen atoms in total. The van der Waals surface area contributed by atoms with Gasteiger partial charge in [0.1, 0.15) is 17.6 Å². The average Bonchev–Trinajstić information content (AvgIpc) is 3.41. The second-order valence-corrected chi connectivity index (χ2v) is 8.90. The van der Waals surface area contributed by atoms with Crippen molar-refractivity contribution in [3.8, 4) is 17.1 Å². The van der Waals surface area contributed by atoms with Crippen LogP contribution in [0, 0.1) is 6.92 Å². The molecular formula is C24H30N8O2. The van der Waals surface area contributed by atoms with E-state index in [4.69, 9.17) is 19.6 Å². The summed E-state index contributed by atoms with van der Waals surface area (Å²) in [5.41, 5.74) is 6.51. The number of hydrogen-bond acceptors (Lipinski definition) is 7. The maximum Gasteiger partial charge on any atom is 0.221 e. The third kappa shape index (κ3) is 3.88. The predicted octanol–water partition coefficient (Wildman–Crippen LogP) is 2.70. The molecule has 0 radical (unpaired) electrons. The summed E-state index contributed by atoms with van der Waals surface area (Å²) in [6.07, 6.45) is 9.68. The van der Waals surface area contributed by atoms with Gasteiger partial charge < -0.3 is 9.47 Å². The van der Waals surface area contributed by atoms with Gasteiger partial charge in [0.05, 0.1) is 41.5 Å². The van der Waals surface area contributed by atoms with Crippen molar-refractivity contribution in [3.63, 3.8) is 0 Å². The summed E-state index contributed by atoms with van der Waals surface area (Å²) < 4.78 is 17.6. The number of imidazole rings is 1. The third-order valence-electron chi connectivity index (χ3n) is 6.20. The van der Waals surface area contributed by atoms with E-state index in [1.165, 1.54) is 0 Å². The number of ether oxygens (including phenoxy) is 2. The van der Waals surface area contributed by atoms with Gasteiger partial charge in [-0.2, -0.15) is 10.2 Å². The Morgan fingerprint density at radius 3 is 2.68 bits per heavy atom. The molecule has 0 fully saturated rings. The van der Waals surface area contributed by atoms with Crippen molar-refractivity contribution < 1.29 is 9.47 Å². The number of aromatic nitrogens is 7. The zero-order valence-corrected chi connectivity index (χ0v) is 20.5. The van der Waals surface area contributed by atoms with Gasteiger partial charge >= 0.3 is 0 Å². The summed E-state index contributed by atoms with van der Waals surface area (Å²) in [6.45, 7) is 5.93. The lowest BCUT2D eigenvalue weighted by Gasteiger charge is -2.22. The largest absolute Gasteiger partial charge is 0.473 e. The van der Waals surface area contributed by atoms with E-state index in [0.717, 1.165) is 51.8 Å². The van der Waals surface area contributed by atoms with Crippen LogP contribution in [0.5, 0.6) is 5.88 Å². The molecule has 10 heteroatoms. The molecular weight excluding hydrogens is 432 g/mol. The number of nitrogens with zero attached hydrogens (tertiary/aromatic N) is 8. The van der Waals surface area contributed by atoms with Gasteiger partial charge in [0.2, 0.25) is 5.88 Å². The monoisotopic (exact) mass is 462 g/mol. The fourth-order valence-electron chi connectivity index (χ4n) is 4.53. The van der Waals surface area contributed by atoms with Crippen LogP contribution in [0.4, 0.5) is 0 Å². The fraction of sp³-hybridized carbons (Fsp3) is 0.417. The lowest BCUT2D eigenvalue weighted by atomic mass is 10.1. The van der Waals surface area contributed by atoms with Crippen LogP contribution in [0.3, 0.4) is 0 Å². The zero-order chi connectivity index (χ0) is 24.0. The molecule has 178 valence electrons. The Kier molecular flexibility index (Phi) is 5.70. The third-order valence-corrected chi connectivity index (χ3v) is 6.20.